The number of hydrogen-bond donors (Lipinski definition) is 3. The Balaban J connectivity index is 1.89. The van der Waals surface area contributed by atoms with Crippen LogP contribution in [0, 0.1) is 0 Å². The molecule has 0 aliphatic carbocycles. The zero-order valence-corrected chi connectivity index (χ0v) is 11.2. The Kier molecular flexibility index (Phi) is 4.54. The van der Waals surface area contributed by atoms with Crippen LogP contribution in [0.3, 0.4) is 0 Å². The SMILES string of the molecule is NC(=O)c1cccc(C(=O)NCC2CCC(C(=O)O)O2)c1. The van der Waals surface area contributed by atoms with E-state index in [4.69, 9.17) is 15.6 Å². The molecule has 7 nitrogen and oxygen atoms in total. The highest BCUT2D eigenvalue weighted by molar-refractivity contribution is 5.99. The van der Waals surface area contributed by atoms with Crippen LogP contribution in [0.2, 0.25) is 0 Å². The van der Waals surface area contributed by atoms with E-state index in [0.717, 1.165) is 0 Å². The highest BCUT2D eigenvalue weighted by atomic mass is 16.5. The molecule has 2 unspecified atom stereocenters. The van der Waals surface area contributed by atoms with E-state index in [1.807, 2.05) is 0 Å². The number of aliphatic carboxylic acids is 1. The Morgan fingerprint density at radius 3 is 2.62 bits per heavy atom. The molecule has 1 saturated heterocycles. The van der Waals surface area contributed by atoms with Gasteiger partial charge in [0.1, 0.15) is 0 Å². The van der Waals surface area contributed by atoms with Crippen LogP contribution in [0.4, 0.5) is 0 Å². The van der Waals surface area contributed by atoms with Crippen LogP contribution in [0.15, 0.2) is 24.3 Å². The number of amides is 2. The molecule has 1 aromatic rings. The zero-order chi connectivity index (χ0) is 15.4. The molecule has 1 aliphatic rings. The van der Waals surface area contributed by atoms with Gasteiger partial charge >= 0.3 is 5.97 Å². The molecule has 0 spiro atoms. The highest BCUT2D eigenvalue weighted by Gasteiger charge is 2.30. The molecule has 7 heteroatoms. The van der Waals surface area contributed by atoms with Crippen molar-refractivity contribution in [3.63, 3.8) is 0 Å². The van der Waals surface area contributed by atoms with Gasteiger partial charge in [-0.2, -0.15) is 0 Å². The Labute approximate surface area is 121 Å². The number of carbonyl (C=O) groups excluding carboxylic acids is 2. The maximum Gasteiger partial charge on any atom is 0.332 e. The number of nitrogens with one attached hydrogen (secondary N) is 1. The minimum atomic E-state index is -0.988. The monoisotopic (exact) mass is 292 g/mol. The van der Waals surface area contributed by atoms with Crippen LogP contribution >= 0.6 is 0 Å². The van der Waals surface area contributed by atoms with E-state index in [9.17, 15) is 14.4 Å². The van der Waals surface area contributed by atoms with Crippen molar-refractivity contribution in [3.05, 3.63) is 35.4 Å². The summed E-state index contributed by atoms with van der Waals surface area (Å²) >= 11 is 0. The van der Waals surface area contributed by atoms with Crippen LogP contribution in [0.25, 0.3) is 0 Å². The molecule has 4 N–H and O–H groups in total. The smallest absolute Gasteiger partial charge is 0.332 e. The predicted octanol–water partition coefficient (Wildman–Crippen LogP) is 0.147. The Hall–Kier alpha value is -2.41. The summed E-state index contributed by atoms with van der Waals surface area (Å²) in [4.78, 5) is 33.8. The van der Waals surface area contributed by atoms with Crippen molar-refractivity contribution < 1.29 is 24.2 Å². The van der Waals surface area contributed by atoms with Gasteiger partial charge in [-0.1, -0.05) is 6.07 Å². The first kappa shape index (κ1) is 15.0. The number of carboxylic acid groups (broad SMARTS) is 1. The van der Waals surface area contributed by atoms with Crippen LogP contribution in [0.1, 0.15) is 33.6 Å². The summed E-state index contributed by atoms with van der Waals surface area (Å²) in [5, 5.41) is 11.5. The van der Waals surface area contributed by atoms with Crippen molar-refractivity contribution in [3.8, 4) is 0 Å². The fourth-order valence-electron chi connectivity index (χ4n) is 2.16. The second kappa shape index (κ2) is 6.36. The molecule has 1 fully saturated rings. The van der Waals surface area contributed by atoms with E-state index < -0.39 is 18.0 Å². The fraction of sp³-hybridized carbons (Fsp3) is 0.357. The molecule has 2 atom stereocenters. The van der Waals surface area contributed by atoms with Gasteiger partial charge in [-0.25, -0.2) is 4.79 Å². The van der Waals surface area contributed by atoms with Gasteiger partial charge in [0.2, 0.25) is 5.91 Å². The van der Waals surface area contributed by atoms with Gasteiger partial charge in [-0.15, -0.1) is 0 Å². The number of hydrogen-bond acceptors (Lipinski definition) is 4. The standard InChI is InChI=1S/C14H16N2O5/c15-12(17)8-2-1-3-9(6-8)13(18)16-7-10-4-5-11(21-10)14(19)20/h1-3,6,10-11H,4-5,7H2,(H2,15,17)(H,16,18)(H,19,20). The lowest BCUT2D eigenvalue weighted by Crippen LogP contribution is -2.33. The number of rotatable bonds is 5. The molecule has 2 amide bonds. The fourth-order valence-corrected chi connectivity index (χ4v) is 2.16. The topological polar surface area (TPSA) is 119 Å². The zero-order valence-electron chi connectivity index (χ0n) is 11.2. The van der Waals surface area contributed by atoms with E-state index in [0.29, 0.717) is 18.4 Å². The first-order chi connectivity index (χ1) is 9.97. The Morgan fingerprint density at radius 1 is 1.29 bits per heavy atom. The van der Waals surface area contributed by atoms with Crippen molar-refractivity contribution in [1.29, 1.82) is 0 Å². The molecule has 1 heterocycles. The Morgan fingerprint density at radius 2 is 2.00 bits per heavy atom. The molecule has 21 heavy (non-hydrogen) atoms. The third-order valence-corrected chi connectivity index (χ3v) is 3.28. The summed E-state index contributed by atoms with van der Waals surface area (Å²) in [5.41, 5.74) is 5.73. The minimum Gasteiger partial charge on any atom is -0.479 e. The molecular weight excluding hydrogens is 276 g/mol. The second-order valence-corrected chi connectivity index (χ2v) is 4.82. The number of benzene rings is 1. The van der Waals surface area contributed by atoms with Crippen molar-refractivity contribution in [2.75, 3.05) is 6.54 Å². The lowest BCUT2D eigenvalue weighted by Gasteiger charge is -2.12. The first-order valence-corrected chi connectivity index (χ1v) is 6.53. The molecule has 0 saturated carbocycles. The normalized spacial score (nSPS) is 21.0. The van der Waals surface area contributed by atoms with Crippen LogP contribution in [-0.2, 0) is 9.53 Å². The molecule has 0 radical (unpaired) electrons. The number of carbonyl (C=O) groups is 3. The lowest BCUT2D eigenvalue weighted by molar-refractivity contribution is -0.149. The number of nitrogens with two attached hydrogens (primary N) is 1. The van der Waals surface area contributed by atoms with Crippen molar-refractivity contribution in [2.45, 2.75) is 25.0 Å². The molecule has 1 aromatic carbocycles. The van der Waals surface area contributed by atoms with Crippen molar-refractivity contribution in [2.24, 2.45) is 5.73 Å². The quantitative estimate of drug-likeness (QED) is 0.713. The molecule has 1 aliphatic heterocycles. The number of carboxylic acids is 1. The van der Waals surface area contributed by atoms with E-state index >= 15 is 0 Å². The summed E-state index contributed by atoms with van der Waals surface area (Å²) < 4.78 is 5.28. The van der Waals surface area contributed by atoms with Gasteiger partial charge < -0.3 is 20.9 Å². The number of primary amides is 1. The van der Waals surface area contributed by atoms with Crippen molar-refractivity contribution >= 4 is 17.8 Å². The molecule has 0 aromatic heterocycles. The largest absolute Gasteiger partial charge is 0.479 e. The predicted molar refractivity (Wildman–Crippen MR) is 72.8 cm³/mol. The summed E-state index contributed by atoms with van der Waals surface area (Å²) in [7, 11) is 0. The summed E-state index contributed by atoms with van der Waals surface area (Å²) in [6, 6.07) is 6.07. The van der Waals surface area contributed by atoms with Crippen LogP contribution in [-0.4, -0.2) is 41.6 Å². The van der Waals surface area contributed by atoms with Crippen LogP contribution < -0.4 is 11.1 Å². The molecule has 2 rings (SSSR count). The average Bonchev–Trinajstić information content (AvgIpc) is 2.94. The molecular formula is C14H16N2O5. The molecule has 112 valence electrons. The first-order valence-electron chi connectivity index (χ1n) is 6.53. The lowest BCUT2D eigenvalue weighted by atomic mass is 10.1. The summed E-state index contributed by atoms with van der Waals surface area (Å²) in [6.07, 6.45) is -0.0922. The summed E-state index contributed by atoms with van der Waals surface area (Å²) in [6.45, 7) is 0.226. The van der Waals surface area contributed by atoms with E-state index in [-0.39, 0.29) is 24.1 Å². The van der Waals surface area contributed by atoms with Crippen molar-refractivity contribution in [1.82, 2.24) is 5.32 Å². The minimum absolute atomic E-state index is 0.226. The highest BCUT2D eigenvalue weighted by Crippen LogP contribution is 2.19. The summed E-state index contributed by atoms with van der Waals surface area (Å²) in [5.74, 6) is -1.95. The Bertz CT molecular complexity index is 572. The van der Waals surface area contributed by atoms with E-state index in [2.05, 4.69) is 5.32 Å². The van der Waals surface area contributed by atoms with Gasteiger partial charge in [-0.3, -0.25) is 9.59 Å². The number of ether oxygens (including phenoxy) is 1. The third kappa shape index (κ3) is 3.79. The van der Waals surface area contributed by atoms with Gasteiger partial charge in [0.25, 0.3) is 5.91 Å². The maximum atomic E-state index is 12.0. The molecule has 0 bridgehead atoms. The third-order valence-electron chi connectivity index (χ3n) is 3.28. The van der Waals surface area contributed by atoms with Gasteiger partial charge in [0, 0.05) is 17.7 Å². The maximum absolute atomic E-state index is 12.0. The van der Waals surface area contributed by atoms with E-state index in [1.165, 1.54) is 12.1 Å². The second-order valence-electron chi connectivity index (χ2n) is 4.82. The van der Waals surface area contributed by atoms with Gasteiger partial charge in [0.05, 0.1) is 6.10 Å². The van der Waals surface area contributed by atoms with E-state index in [1.54, 1.807) is 12.1 Å². The van der Waals surface area contributed by atoms with Crippen LogP contribution in [0.5, 0.6) is 0 Å². The van der Waals surface area contributed by atoms with Gasteiger partial charge in [-0.05, 0) is 31.0 Å². The average molecular weight is 292 g/mol. The van der Waals surface area contributed by atoms with Gasteiger partial charge in [0.15, 0.2) is 6.10 Å².